The number of aryl methyl sites for hydroxylation is 1. The van der Waals surface area contributed by atoms with Gasteiger partial charge in [-0.1, -0.05) is 18.5 Å². The van der Waals surface area contributed by atoms with Crippen molar-refractivity contribution in [1.29, 1.82) is 0 Å². The van der Waals surface area contributed by atoms with E-state index in [2.05, 4.69) is 35.7 Å². The van der Waals surface area contributed by atoms with Crippen molar-refractivity contribution in [2.45, 2.75) is 26.8 Å². The normalized spacial score (nSPS) is 21.2. The first-order chi connectivity index (χ1) is 10.4. The molecule has 7 heteroatoms. The first-order valence-corrected chi connectivity index (χ1v) is 8.19. The summed E-state index contributed by atoms with van der Waals surface area (Å²) in [5.74, 6) is 0.924. The Morgan fingerprint density at radius 1 is 1.57 bits per heavy atom. The molecule has 5 nitrogen and oxygen atoms in total. The van der Waals surface area contributed by atoms with E-state index < -0.39 is 0 Å². The molecule has 1 atom stereocenters. The predicted molar refractivity (Wildman–Crippen MR) is 107 cm³/mol. The van der Waals surface area contributed by atoms with Gasteiger partial charge in [-0.05, 0) is 19.4 Å². The number of ether oxygens (including phenoxy) is 1. The number of nitrogens with zero attached hydrogens (tertiary/aromatic N) is 3. The molecule has 2 heterocycles. The van der Waals surface area contributed by atoms with E-state index >= 15 is 0 Å². The van der Waals surface area contributed by atoms with Crippen molar-refractivity contribution in [1.82, 2.24) is 14.8 Å². The number of hydrogen-bond acceptors (Lipinski definition) is 2. The third kappa shape index (κ3) is 5.83. The lowest BCUT2D eigenvalue weighted by Crippen LogP contribution is -2.39. The summed E-state index contributed by atoms with van der Waals surface area (Å²) in [5.41, 5.74) is 1.32. The van der Waals surface area contributed by atoms with Crippen molar-refractivity contribution >= 4 is 41.5 Å². The maximum Gasteiger partial charge on any atom is 0.194 e. The molecule has 0 saturated carbocycles. The summed E-state index contributed by atoms with van der Waals surface area (Å²) < 4.78 is 7.56. The Morgan fingerprint density at radius 2 is 2.30 bits per heavy atom. The SMILES string of the molecule is CCNC(=NCC1(C)CCOC1)N(C)Cc1cc(Cl)cn1C.I. The highest BCUT2D eigenvalue weighted by molar-refractivity contribution is 14.0. The maximum atomic E-state index is 6.06. The van der Waals surface area contributed by atoms with Crippen LogP contribution in [0, 0.1) is 5.41 Å². The summed E-state index contributed by atoms with van der Waals surface area (Å²) in [6.45, 7) is 8.38. The number of hydrogen-bond donors (Lipinski definition) is 1. The highest BCUT2D eigenvalue weighted by Gasteiger charge is 2.29. The second-order valence-electron chi connectivity index (χ2n) is 6.40. The van der Waals surface area contributed by atoms with E-state index in [0.717, 1.165) is 55.9 Å². The van der Waals surface area contributed by atoms with Crippen molar-refractivity contribution in [3.8, 4) is 0 Å². The van der Waals surface area contributed by atoms with E-state index in [-0.39, 0.29) is 29.4 Å². The van der Waals surface area contributed by atoms with E-state index in [1.807, 2.05) is 19.3 Å². The van der Waals surface area contributed by atoms with Gasteiger partial charge in [-0.15, -0.1) is 24.0 Å². The minimum absolute atomic E-state index is 0. The van der Waals surface area contributed by atoms with E-state index in [4.69, 9.17) is 21.3 Å². The number of nitrogens with one attached hydrogen (secondary N) is 1. The molecule has 0 aromatic carbocycles. The zero-order chi connectivity index (χ0) is 16.2. The van der Waals surface area contributed by atoms with Crippen molar-refractivity contribution in [3.63, 3.8) is 0 Å². The minimum atomic E-state index is 0. The summed E-state index contributed by atoms with van der Waals surface area (Å²) in [7, 11) is 4.06. The fraction of sp³-hybridized carbons (Fsp3) is 0.688. The van der Waals surface area contributed by atoms with Gasteiger partial charge in [0.25, 0.3) is 0 Å². The molecule has 1 unspecified atom stereocenters. The average molecular weight is 455 g/mol. The van der Waals surface area contributed by atoms with Gasteiger partial charge in [-0.3, -0.25) is 4.99 Å². The summed E-state index contributed by atoms with van der Waals surface area (Å²) in [4.78, 5) is 6.94. The smallest absolute Gasteiger partial charge is 0.194 e. The molecular formula is C16H28ClIN4O. The van der Waals surface area contributed by atoms with E-state index in [9.17, 15) is 0 Å². The van der Waals surface area contributed by atoms with Gasteiger partial charge in [0.2, 0.25) is 0 Å². The van der Waals surface area contributed by atoms with E-state index in [0.29, 0.717) is 0 Å². The second-order valence-corrected chi connectivity index (χ2v) is 6.84. The van der Waals surface area contributed by atoms with Gasteiger partial charge in [0.15, 0.2) is 5.96 Å². The van der Waals surface area contributed by atoms with Crippen LogP contribution in [0.3, 0.4) is 0 Å². The van der Waals surface area contributed by atoms with Crippen LogP contribution in [-0.4, -0.2) is 48.8 Å². The van der Waals surface area contributed by atoms with Crippen LogP contribution in [0.25, 0.3) is 0 Å². The van der Waals surface area contributed by atoms with Crippen molar-refractivity contribution in [2.75, 3.05) is 33.4 Å². The molecule has 1 aromatic rings. The van der Waals surface area contributed by atoms with Crippen LogP contribution in [0.2, 0.25) is 5.02 Å². The van der Waals surface area contributed by atoms with Gasteiger partial charge in [-0.25, -0.2) is 0 Å². The molecule has 0 aliphatic carbocycles. The Hall–Kier alpha value is -0.470. The topological polar surface area (TPSA) is 41.8 Å². The zero-order valence-corrected chi connectivity index (χ0v) is 17.5. The molecule has 0 amide bonds. The first kappa shape index (κ1) is 20.6. The average Bonchev–Trinajstić information content (AvgIpc) is 3.01. The van der Waals surface area contributed by atoms with E-state index in [1.165, 1.54) is 0 Å². The monoisotopic (exact) mass is 454 g/mol. The lowest BCUT2D eigenvalue weighted by Gasteiger charge is -2.25. The molecule has 0 spiro atoms. The first-order valence-electron chi connectivity index (χ1n) is 7.81. The highest BCUT2D eigenvalue weighted by atomic mass is 127. The van der Waals surface area contributed by atoms with Crippen molar-refractivity contribution in [2.24, 2.45) is 17.5 Å². The number of rotatable bonds is 5. The van der Waals surface area contributed by atoms with Crippen LogP contribution in [0.15, 0.2) is 17.3 Å². The number of halogens is 2. The number of guanidine groups is 1. The predicted octanol–water partition coefficient (Wildman–Crippen LogP) is 3.12. The third-order valence-electron chi connectivity index (χ3n) is 4.08. The number of aliphatic imine (C=N–C) groups is 1. The molecule has 1 aromatic heterocycles. The van der Waals surface area contributed by atoms with Crippen molar-refractivity contribution in [3.05, 3.63) is 23.0 Å². The summed E-state index contributed by atoms with van der Waals surface area (Å²) in [5, 5.41) is 4.13. The molecule has 1 fully saturated rings. The van der Waals surface area contributed by atoms with Crippen LogP contribution in [-0.2, 0) is 18.3 Å². The molecule has 1 saturated heterocycles. The van der Waals surface area contributed by atoms with Crippen LogP contribution in [0.1, 0.15) is 26.0 Å². The summed E-state index contributed by atoms with van der Waals surface area (Å²) in [6.07, 6.45) is 3.00. The van der Waals surface area contributed by atoms with E-state index in [1.54, 1.807) is 0 Å². The molecule has 1 aliphatic heterocycles. The molecule has 1 N–H and O–H groups in total. The van der Waals surface area contributed by atoms with Crippen LogP contribution >= 0.6 is 35.6 Å². The lowest BCUT2D eigenvalue weighted by molar-refractivity contribution is 0.162. The molecule has 132 valence electrons. The Kier molecular flexibility index (Phi) is 8.17. The third-order valence-corrected chi connectivity index (χ3v) is 4.29. The van der Waals surface area contributed by atoms with Crippen molar-refractivity contribution < 1.29 is 4.74 Å². The Balaban J connectivity index is 0.00000264. The van der Waals surface area contributed by atoms with Gasteiger partial charge in [0, 0.05) is 44.6 Å². The maximum absolute atomic E-state index is 6.06. The van der Waals surface area contributed by atoms with Gasteiger partial charge in [0.1, 0.15) is 0 Å². The molecule has 0 bridgehead atoms. The molecule has 23 heavy (non-hydrogen) atoms. The summed E-state index contributed by atoms with van der Waals surface area (Å²) in [6, 6.07) is 1.99. The molecule has 2 rings (SSSR count). The fourth-order valence-electron chi connectivity index (χ4n) is 2.61. The quantitative estimate of drug-likeness (QED) is 0.422. The zero-order valence-electron chi connectivity index (χ0n) is 14.4. The van der Waals surface area contributed by atoms with Crippen LogP contribution < -0.4 is 5.32 Å². The van der Waals surface area contributed by atoms with Gasteiger partial charge in [-0.2, -0.15) is 0 Å². The Morgan fingerprint density at radius 3 is 2.83 bits per heavy atom. The Labute approximate surface area is 161 Å². The second kappa shape index (κ2) is 9.13. The molecule has 0 radical (unpaired) electrons. The number of aromatic nitrogens is 1. The molecular weight excluding hydrogens is 427 g/mol. The fourth-order valence-corrected chi connectivity index (χ4v) is 2.88. The Bertz CT molecular complexity index is 526. The standard InChI is InChI=1S/C16H27ClN4O.HI/c1-5-18-15(19-11-16(2)6-7-22-12-16)21(4)10-14-8-13(17)9-20(14)3;/h8-9H,5-7,10-12H2,1-4H3,(H,18,19);1H. The van der Waals surface area contributed by atoms with Gasteiger partial charge < -0.3 is 19.5 Å². The van der Waals surface area contributed by atoms with Gasteiger partial charge in [0.05, 0.1) is 24.7 Å². The van der Waals surface area contributed by atoms with Crippen LogP contribution in [0.5, 0.6) is 0 Å². The van der Waals surface area contributed by atoms with Crippen LogP contribution in [0.4, 0.5) is 0 Å². The lowest BCUT2D eigenvalue weighted by atomic mass is 9.90. The largest absolute Gasteiger partial charge is 0.381 e. The van der Waals surface area contributed by atoms with Gasteiger partial charge >= 0.3 is 0 Å². The minimum Gasteiger partial charge on any atom is -0.381 e. The molecule has 1 aliphatic rings. The highest BCUT2D eigenvalue weighted by Crippen LogP contribution is 2.28. The summed E-state index contributed by atoms with van der Waals surface area (Å²) >= 11 is 6.06.